The quantitative estimate of drug-likeness (QED) is 0.387. The molecule has 0 aromatic carbocycles. The summed E-state index contributed by atoms with van der Waals surface area (Å²) in [6.07, 6.45) is 14.0. The molecule has 3 nitrogen and oxygen atoms in total. The van der Waals surface area contributed by atoms with E-state index in [4.69, 9.17) is 9.47 Å². The van der Waals surface area contributed by atoms with Crippen LogP contribution in [-0.4, -0.2) is 25.3 Å². The van der Waals surface area contributed by atoms with Crippen molar-refractivity contribution in [2.45, 2.75) is 90.1 Å². The Bertz CT molecular complexity index is 234. The van der Waals surface area contributed by atoms with Gasteiger partial charge in [-0.15, -0.1) is 0 Å². The highest BCUT2D eigenvalue weighted by Gasteiger charge is 2.14. The van der Waals surface area contributed by atoms with Crippen molar-refractivity contribution in [2.24, 2.45) is 0 Å². The van der Waals surface area contributed by atoms with Gasteiger partial charge < -0.3 is 9.47 Å². The molecule has 1 atom stereocenters. The summed E-state index contributed by atoms with van der Waals surface area (Å²) in [5.74, 6) is -0.0223. The molecule has 1 heterocycles. The first-order chi connectivity index (χ1) is 9.83. The number of rotatable bonds is 12. The molecule has 0 amide bonds. The van der Waals surface area contributed by atoms with Crippen LogP contribution in [0.5, 0.6) is 0 Å². The van der Waals surface area contributed by atoms with Gasteiger partial charge >= 0.3 is 5.97 Å². The van der Waals surface area contributed by atoms with Gasteiger partial charge in [0.2, 0.25) is 0 Å². The first-order valence-corrected chi connectivity index (χ1v) is 8.60. The van der Waals surface area contributed by atoms with E-state index in [2.05, 4.69) is 6.92 Å². The minimum Gasteiger partial charge on any atom is -0.466 e. The summed E-state index contributed by atoms with van der Waals surface area (Å²) >= 11 is 0. The third kappa shape index (κ3) is 9.35. The largest absolute Gasteiger partial charge is 0.466 e. The van der Waals surface area contributed by atoms with Crippen LogP contribution in [0.2, 0.25) is 0 Å². The third-order valence-corrected chi connectivity index (χ3v) is 3.94. The minimum absolute atomic E-state index is 0.0223. The molecule has 0 spiro atoms. The molecule has 0 aromatic rings. The van der Waals surface area contributed by atoms with Crippen LogP contribution in [0, 0.1) is 0 Å². The van der Waals surface area contributed by atoms with Crippen molar-refractivity contribution in [1.82, 2.24) is 0 Å². The SMILES string of the molecule is CCCCCCCCCC(=O)OCCC[C@@H]1CCCO1. The third-order valence-electron chi connectivity index (χ3n) is 3.94. The van der Waals surface area contributed by atoms with Crippen LogP contribution in [0.3, 0.4) is 0 Å². The van der Waals surface area contributed by atoms with E-state index in [0.29, 0.717) is 19.1 Å². The van der Waals surface area contributed by atoms with E-state index < -0.39 is 0 Å². The zero-order chi connectivity index (χ0) is 14.5. The van der Waals surface area contributed by atoms with Crippen molar-refractivity contribution in [3.63, 3.8) is 0 Å². The lowest BCUT2D eigenvalue weighted by molar-refractivity contribution is -0.144. The van der Waals surface area contributed by atoms with Gasteiger partial charge in [-0.3, -0.25) is 4.79 Å². The highest BCUT2D eigenvalue weighted by molar-refractivity contribution is 5.69. The molecule has 0 radical (unpaired) electrons. The Morgan fingerprint density at radius 2 is 1.85 bits per heavy atom. The number of unbranched alkanes of at least 4 members (excludes halogenated alkanes) is 6. The fourth-order valence-electron chi connectivity index (χ4n) is 2.67. The molecule has 0 aromatic heterocycles. The van der Waals surface area contributed by atoms with E-state index >= 15 is 0 Å². The van der Waals surface area contributed by atoms with Gasteiger partial charge in [0.1, 0.15) is 0 Å². The lowest BCUT2D eigenvalue weighted by Gasteiger charge is -2.09. The van der Waals surface area contributed by atoms with Crippen molar-refractivity contribution >= 4 is 5.97 Å². The summed E-state index contributed by atoms with van der Waals surface area (Å²) in [6, 6.07) is 0. The van der Waals surface area contributed by atoms with Gasteiger partial charge in [-0.2, -0.15) is 0 Å². The maximum Gasteiger partial charge on any atom is 0.305 e. The Morgan fingerprint density at radius 3 is 2.55 bits per heavy atom. The Labute approximate surface area is 124 Å². The number of ether oxygens (including phenoxy) is 2. The van der Waals surface area contributed by atoms with Crippen LogP contribution in [0.25, 0.3) is 0 Å². The molecule has 0 bridgehead atoms. The van der Waals surface area contributed by atoms with Crippen LogP contribution in [0.15, 0.2) is 0 Å². The van der Waals surface area contributed by atoms with E-state index in [0.717, 1.165) is 32.3 Å². The summed E-state index contributed by atoms with van der Waals surface area (Å²) in [4.78, 5) is 11.5. The normalized spacial score (nSPS) is 18.4. The van der Waals surface area contributed by atoms with E-state index in [1.165, 1.54) is 44.9 Å². The summed E-state index contributed by atoms with van der Waals surface area (Å²) in [5.41, 5.74) is 0. The summed E-state index contributed by atoms with van der Waals surface area (Å²) < 4.78 is 10.8. The highest BCUT2D eigenvalue weighted by atomic mass is 16.5. The molecular weight excluding hydrogens is 252 g/mol. The average Bonchev–Trinajstić information content (AvgIpc) is 2.96. The fraction of sp³-hybridized carbons (Fsp3) is 0.941. The monoisotopic (exact) mass is 284 g/mol. The van der Waals surface area contributed by atoms with Gasteiger partial charge in [-0.1, -0.05) is 45.4 Å². The molecule has 1 rings (SSSR count). The second-order valence-corrected chi connectivity index (χ2v) is 5.87. The van der Waals surface area contributed by atoms with Gasteiger partial charge in [0.15, 0.2) is 0 Å². The molecule has 0 aliphatic carbocycles. The van der Waals surface area contributed by atoms with Crippen molar-refractivity contribution in [3.05, 3.63) is 0 Å². The summed E-state index contributed by atoms with van der Waals surface area (Å²) in [7, 11) is 0. The number of hydrogen-bond acceptors (Lipinski definition) is 3. The number of hydrogen-bond donors (Lipinski definition) is 0. The molecule has 118 valence electrons. The molecule has 0 N–H and O–H groups in total. The number of carbonyl (C=O) groups excluding carboxylic acids is 1. The molecular formula is C17H32O3. The van der Waals surface area contributed by atoms with Crippen molar-refractivity contribution < 1.29 is 14.3 Å². The second-order valence-electron chi connectivity index (χ2n) is 5.87. The van der Waals surface area contributed by atoms with Gasteiger partial charge in [0.05, 0.1) is 12.7 Å². The maximum atomic E-state index is 11.5. The Morgan fingerprint density at radius 1 is 1.10 bits per heavy atom. The first kappa shape index (κ1) is 17.5. The van der Waals surface area contributed by atoms with Crippen LogP contribution < -0.4 is 0 Å². The zero-order valence-corrected chi connectivity index (χ0v) is 13.2. The van der Waals surface area contributed by atoms with Crippen molar-refractivity contribution in [3.8, 4) is 0 Å². The fourth-order valence-corrected chi connectivity index (χ4v) is 2.67. The topological polar surface area (TPSA) is 35.5 Å². The predicted molar refractivity (Wildman–Crippen MR) is 81.8 cm³/mol. The Hall–Kier alpha value is -0.570. The lowest BCUT2D eigenvalue weighted by Crippen LogP contribution is -2.09. The molecule has 1 saturated heterocycles. The molecule has 0 unspecified atom stereocenters. The van der Waals surface area contributed by atoms with Crippen LogP contribution in [-0.2, 0) is 14.3 Å². The van der Waals surface area contributed by atoms with Crippen molar-refractivity contribution in [1.29, 1.82) is 0 Å². The highest BCUT2D eigenvalue weighted by Crippen LogP contribution is 2.16. The molecule has 20 heavy (non-hydrogen) atoms. The van der Waals surface area contributed by atoms with Crippen LogP contribution in [0.1, 0.15) is 84.0 Å². The van der Waals surface area contributed by atoms with Gasteiger partial charge in [-0.05, 0) is 32.1 Å². The number of carbonyl (C=O) groups is 1. The Balaban J connectivity index is 1.80. The van der Waals surface area contributed by atoms with Gasteiger partial charge in [0.25, 0.3) is 0 Å². The van der Waals surface area contributed by atoms with Gasteiger partial charge in [0, 0.05) is 13.0 Å². The zero-order valence-electron chi connectivity index (χ0n) is 13.2. The predicted octanol–water partition coefficient (Wildman–Crippen LogP) is 4.63. The lowest BCUT2D eigenvalue weighted by atomic mass is 10.1. The maximum absolute atomic E-state index is 11.5. The van der Waals surface area contributed by atoms with Crippen LogP contribution >= 0.6 is 0 Å². The minimum atomic E-state index is -0.0223. The average molecular weight is 284 g/mol. The smallest absolute Gasteiger partial charge is 0.305 e. The van der Waals surface area contributed by atoms with Crippen LogP contribution in [0.4, 0.5) is 0 Å². The second kappa shape index (κ2) is 12.2. The van der Waals surface area contributed by atoms with Crippen molar-refractivity contribution in [2.75, 3.05) is 13.2 Å². The number of esters is 1. The summed E-state index contributed by atoms with van der Waals surface area (Å²) in [5, 5.41) is 0. The summed E-state index contributed by atoms with van der Waals surface area (Å²) in [6.45, 7) is 3.70. The van der Waals surface area contributed by atoms with E-state index in [-0.39, 0.29) is 5.97 Å². The van der Waals surface area contributed by atoms with E-state index in [1.54, 1.807) is 0 Å². The molecule has 3 heteroatoms. The van der Waals surface area contributed by atoms with E-state index in [9.17, 15) is 4.79 Å². The first-order valence-electron chi connectivity index (χ1n) is 8.60. The Kier molecular flexibility index (Phi) is 10.7. The molecule has 1 aliphatic heterocycles. The van der Waals surface area contributed by atoms with E-state index in [1.807, 2.05) is 0 Å². The standard InChI is InChI=1S/C17H32O3/c1-2-3-4-5-6-7-8-13-17(18)20-15-10-12-16-11-9-14-19-16/h16H,2-15H2,1H3/t16-/m0/s1. The molecule has 1 aliphatic rings. The van der Waals surface area contributed by atoms with Gasteiger partial charge in [-0.25, -0.2) is 0 Å². The molecule has 1 fully saturated rings. The molecule has 0 saturated carbocycles.